The highest BCUT2D eigenvalue weighted by Gasteiger charge is 2.28. The minimum Gasteiger partial charge on any atom is -0.481 e. The van der Waals surface area contributed by atoms with Gasteiger partial charge in [-0.3, -0.25) is 9.69 Å². The summed E-state index contributed by atoms with van der Waals surface area (Å²) in [6.07, 6.45) is 1.90. The van der Waals surface area contributed by atoms with Gasteiger partial charge in [-0.05, 0) is 36.6 Å². The zero-order valence-corrected chi connectivity index (χ0v) is 11.3. The van der Waals surface area contributed by atoms with Crippen LogP contribution in [0, 0.1) is 5.92 Å². The summed E-state index contributed by atoms with van der Waals surface area (Å²) in [5.41, 5.74) is 4.07. The predicted molar refractivity (Wildman–Crippen MR) is 74.4 cm³/mol. The van der Waals surface area contributed by atoms with Gasteiger partial charge in [0, 0.05) is 32.4 Å². The van der Waals surface area contributed by atoms with E-state index in [1.807, 2.05) is 0 Å². The Bertz CT molecular complexity index is 501. The summed E-state index contributed by atoms with van der Waals surface area (Å²) >= 11 is 0. The number of aliphatic carboxylic acids is 1. The van der Waals surface area contributed by atoms with Crippen LogP contribution in [0.4, 0.5) is 5.69 Å². The minimum absolute atomic E-state index is 0.180. The maximum atomic E-state index is 11.0. The van der Waals surface area contributed by atoms with E-state index < -0.39 is 5.97 Å². The fraction of sp³-hybridized carbons (Fsp3) is 0.533. The number of likely N-dealkylation sites (tertiary alicyclic amines) is 1. The van der Waals surface area contributed by atoms with Crippen molar-refractivity contribution in [3.8, 4) is 0 Å². The molecule has 1 N–H and O–H groups in total. The molecule has 0 aliphatic carbocycles. The fourth-order valence-corrected chi connectivity index (χ4v) is 3.15. The number of carbonyl (C=O) groups is 1. The van der Waals surface area contributed by atoms with E-state index in [1.54, 1.807) is 0 Å². The van der Waals surface area contributed by atoms with Crippen molar-refractivity contribution in [2.24, 2.45) is 5.92 Å². The van der Waals surface area contributed by atoms with Crippen LogP contribution >= 0.6 is 0 Å². The van der Waals surface area contributed by atoms with Gasteiger partial charge in [0.25, 0.3) is 0 Å². The van der Waals surface area contributed by atoms with Crippen molar-refractivity contribution in [1.82, 2.24) is 4.90 Å². The SMILES string of the molecule is CN1CCc2cc(CN3CCC(C(=O)O)C3)ccc21. The van der Waals surface area contributed by atoms with Crippen LogP contribution in [0.15, 0.2) is 18.2 Å². The third-order valence-electron chi connectivity index (χ3n) is 4.30. The number of carboxylic acid groups (broad SMARTS) is 1. The Hall–Kier alpha value is -1.55. The van der Waals surface area contributed by atoms with Crippen molar-refractivity contribution < 1.29 is 9.90 Å². The van der Waals surface area contributed by atoms with E-state index in [9.17, 15) is 4.79 Å². The Morgan fingerprint density at radius 1 is 1.42 bits per heavy atom. The van der Waals surface area contributed by atoms with Gasteiger partial charge in [-0.1, -0.05) is 12.1 Å². The van der Waals surface area contributed by atoms with E-state index in [0.717, 1.165) is 32.5 Å². The highest BCUT2D eigenvalue weighted by molar-refractivity contribution is 5.70. The van der Waals surface area contributed by atoms with Gasteiger partial charge in [0.15, 0.2) is 0 Å². The first kappa shape index (κ1) is 12.5. The van der Waals surface area contributed by atoms with Gasteiger partial charge in [0.05, 0.1) is 5.92 Å². The van der Waals surface area contributed by atoms with E-state index in [2.05, 4.69) is 35.0 Å². The highest BCUT2D eigenvalue weighted by Crippen LogP contribution is 2.28. The Morgan fingerprint density at radius 3 is 3.00 bits per heavy atom. The van der Waals surface area contributed by atoms with Gasteiger partial charge >= 0.3 is 5.97 Å². The molecule has 0 radical (unpaired) electrons. The molecule has 4 heteroatoms. The second kappa shape index (κ2) is 4.85. The smallest absolute Gasteiger partial charge is 0.307 e. The van der Waals surface area contributed by atoms with E-state index in [0.29, 0.717) is 6.54 Å². The molecule has 1 atom stereocenters. The monoisotopic (exact) mass is 260 g/mol. The summed E-state index contributed by atoms with van der Waals surface area (Å²) in [6.45, 7) is 3.56. The summed E-state index contributed by atoms with van der Waals surface area (Å²) in [7, 11) is 2.13. The highest BCUT2D eigenvalue weighted by atomic mass is 16.4. The van der Waals surface area contributed by atoms with Gasteiger partial charge in [-0.15, -0.1) is 0 Å². The third kappa shape index (κ3) is 2.45. The first-order chi connectivity index (χ1) is 9.13. The van der Waals surface area contributed by atoms with Crippen molar-refractivity contribution >= 4 is 11.7 Å². The quantitative estimate of drug-likeness (QED) is 0.896. The van der Waals surface area contributed by atoms with E-state index in [4.69, 9.17) is 5.11 Å². The second-order valence-electron chi connectivity index (χ2n) is 5.69. The molecule has 1 fully saturated rings. The normalized spacial score (nSPS) is 22.8. The van der Waals surface area contributed by atoms with E-state index in [-0.39, 0.29) is 5.92 Å². The number of carboxylic acids is 1. The standard InChI is InChI=1S/C15H20N2O2/c1-16-6-4-12-8-11(2-3-14(12)16)9-17-7-5-13(10-17)15(18)19/h2-3,8,13H,4-7,9-10H2,1H3,(H,18,19). The molecule has 0 amide bonds. The van der Waals surface area contributed by atoms with Crippen molar-refractivity contribution in [2.45, 2.75) is 19.4 Å². The lowest BCUT2D eigenvalue weighted by Crippen LogP contribution is -2.22. The average molecular weight is 260 g/mol. The van der Waals surface area contributed by atoms with Crippen LogP contribution in [0.3, 0.4) is 0 Å². The number of hydrogen-bond acceptors (Lipinski definition) is 3. The van der Waals surface area contributed by atoms with Crippen LogP contribution < -0.4 is 4.90 Å². The maximum Gasteiger partial charge on any atom is 0.307 e. The molecule has 4 nitrogen and oxygen atoms in total. The van der Waals surface area contributed by atoms with Crippen molar-refractivity contribution in [1.29, 1.82) is 0 Å². The molecular weight excluding hydrogens is 240 g/mol. The lowest BCUT2D eigenvalue weighted by molar-refractivity contribution is -0.141. The molecule has 2 aliphatic heterocycles. The molecule has 2 aliphatic rings. The van der Waals surface area contributed by atoms with Crippen LogP contribution in [-0.4, -0.2) is 42.7 Å². The lowest BCUT2D eigenvalue weighted by Gasteiger charge is -2.17. The van der Waals surface area contributed by atoms with Gasteiger partial charge in [-0.2, -0.15) is 0 Å². The van der Waals surface area contributed by atoms with Gasteiger partial charge in [0.1, 0.15) is 0 Å². The summed E-state index contributed by atoms with van der Waals surface area (Å²) in [5, 5.41) is 9.02. The molecule has 1 aromatic rings. The topological polar surface area (TPSA) is 43.8 Å². The summed E-state index contributed by atoms with van der Waals surface area (Å²) in [5.74, 6) is -0.835. The third-order valence-corrected chi connectivity index (χ3v) is 4.30. The molecule has 19 heavy (non-hydrogen) atoms. The molecule has 0 bridgehead atoms. The lowest BCUT2D eigenvalue weighted by atomic mass is 10.1. The van der Waals surface area contributed by atoms with E-state index in [1.165, 1.54) is 16.8 Å². The molecule has 3 rings (SSSR count). The second-order valence-corrected chi connectivity index (χ2v) is 5.69. The molecule has 1 unspecified atom stereocenters. The molecular formula is C15H20N2O2. The van der Waals surface area contributed by atoms with Crippen LogP contribution in [-0.2, 0) is 17.8 Å². The van der Waals surface area contributed by atoms with Crippen LogP contribution in [0.1, 0.15) is 17.5 Å². The van der Waals surface area contributed by atoms with Crippen molar-refractivity contribution in [3.05, 3.63) is 29.3 Å². The molecule has 2 heterocycles. The fourth-order valence-electron chi connectivity index (χ4n) is 3.15. The molecule has 0 spiro atoms. The average Bonchev–Trinajstić information content (AvgIpc) is 2.97. The molecule has 0 aromatic heterocycles. The minimum atomic E-state index is -0.655. The van der Waals surface area contributed by atoms with E-state index >= 15 is 0 Å². The number of anilines is 1. The first-order valence-corrected chi connectivity index (χ1v) is 6.91. The number of hydrogen-bond donors (Lipinski definition) is 1. The Labute approximate surface area is 113 Å². The largest absolute Gasteiger partial charge is 0.481 e. The summed E-state index contributed by atoms with van der Waals surface area (Å²) < 4.78 is 0. The predicted octanol–water partition coefficient (Wildman–Crippen LogP) is 1.59. The molecule has 102 valence electrons. The van der Waals surface area contributed by atoms with Gasteiger partial charge < -0.3 is 10.0 Å². The summed E-state index contributed by atoms with van der Waals surface area (Å²) in [6, 6.07) is 6.66. The number of benzene rings is 1. The van der Waals surface area contributed by atoms with Crippen LogP contribution in [0.5, 0.6) is 0 Å². The van der Waals surface area contributed by atoms with Crippen LogP contribution in [0.2, 0.25) is 0 Å². The number of rotatable bonds is 3. The number of likely N-dealkylation sites (N-methyl/N-ethyl adjacent to an activating group) is 1. The zero-order valence-electron chi connectivity index (χ0n) is 11.3. The molecule has 1 saturated heterocycles. The van der Waals surface area contributed by atoms with Gasteiger partial charge in [0.2, 0.25) is 0 Å². The zero-order chi connectivity index (χ0) is 13.4. The Kier molecular flexibility index (Phi) is 3.19. The van der Waals surface area contributed by atoms with Gasteiger partial charge in [-0.25, -0.2) is 0 Å². The number of nitrogens with zero attached hydrogens (tertiary/aromatic N) is 2. The summed E-state index contributed by atoms with van der Waals surface area (Å²) in [4.78, 5) is 15.5. The number of fused-ring (bicyclic) bond motifs is 1. The van der Waals surface area contributed by atoms with Crippen molar-refractivity contribution in [2.75, 3.05) is 31.6 Å². The van der Waals surface area contributed by atoms with Crippen LogP contribution in [0.25, 0.3) is 0 Å². The van der Waals surface area contributed by atoms with Crippen molar-refractivity contribution in [3.63, 3.8) is 0 Å². The Morgan fingerprint density at radius 2 is 2.26 bits per heavy atom. The Balaban J connectivity index is 1.67. The molecule has 0 saturated carbocycles. The first-order valence-electron chi connectivity index (χ1n) is 6.91. The molecule has 1 aromatic carbocycles. The maximum absolute atomic E-state index is 11.0.